The van der Waals surface area contributed by atoms with Crippen molar-refractivity contribution in [2.75, 3.05) is 7.11 Å². The number of amides is 1. The van der Waals surface area contributed by atoms with Crippen molar-refractivity contribution in [1.29, 1.82) is 0 Å². The Morgan fingerprint density at radius 3 is 2.42 bits per heavy atom. The molecule has 0 radical (unpaired) electrons. The Kier molecular flexibility index (Phi) is 2.31. The summed E-state index contributed by atoms with van der Waals surface area (Å²) in [5.41, 5.74) is 0.297. The number of nitrogens with one attached hydrogen (secondary N) is 1. The van der Waals surface area contributed by atoms with E-state index < -0.39 is 0 Å². The Morgan fingerprint density at radius 2 is 2.08 bits per heavy atom. The van der Waals surface area contributed by atoms with Crippen molar-refractivity contribution in [3.05, 3.63) is 0 Å². The van der Waals surface area contributed by atoms with Crippen molar-refractivity contribution in [3.63, 3.8) is 0 Å². The molecule has 1 saturated carbocycles. The molecule has 3 nitrogen and oxygen atoms in total. The Hall–Kier alpha value is -0.730. The summed E-state index contributed by atoms with van der Waals surface area (Å²) in [4.78, 5) is 10.8. The standard InChI is InChI=1S/C9H17NO2/c1-9(2,3)6-5-7(6)10-8(11)12-4/h6-7H,5H2,1-4H3,(H,10,11). The van der Waals surface area contributed by atoms with Crippen LogP contribution in [-0.2, 0) is 4.74 Å². The molecule has 2 unspecified atom stereocenters. The minimum absolute atomic E-state index is 0.297. The third kappa shape index (κ3) is 2.13. The van der Waals surface area contributed by atoms with Crippen molar-refractivity contribution in [3.8, 4) is 0 Å². The molecule has 1 rings (SSSR count). The van der Waals surface area contributed by atoms with Gasteiger partial charge in [-0.15, -0.1) is 0 Å². The van der Waals surface area contributed by atoms with Crippen LogP contribution in [0, 0.1) is 11.3 Å². The van der Waals surface area contributed by atoms with Crippen LogP contribution in [0.25, 0.3) is 0 Å². The van der Waals surface area contributed by atoms with Gasteiger partial charge >= 0.3 is 6.09 Å². The topological polar surface area (TPSA) is 38.3 Å². The van der Waals surface area contributed by atoms with Gasteiger partial charge in [0.25, 0.3) is 0 Å². The number of ether oxygens (including phenoxy) is 1. The van der Waals surface area contributed by atoms with E-state index in [1.54, 1.807) is 0 Å². The maximum atomic E-state index is 10.8. The molecule has 0 heterocycles. The van der Waals surface area contributed by atoms with Crippen molar-refractivity contribution < 1.29 is 9.53 Å². The fraction of sp³-hybridized carbons (Fsp3) is 0.889. The van der Waals surface area contributed by atoms with Gasteiger partial charge in [-0.25, -0.2) is 4.79 Å². The lowest BCUT2D eigenvalue weighted by atomic mass is 9.90. The number of rotatable bonds is 1. The summed E-state index contributed by atoms with van der Waals surface area (Å²) >= 11 is 0. The minimum Gasteiger partial charge on any atom is -0.453 e. The largest absolute Gasteiger partial charge is 0.453 e. The van der Waals surface area contributed by atoms with Gasteiger partial charge in [-0.1, -0.05) is 20.8 Å². The second-order valence-electron chi connectivity index (χ2n) is 4.45. The summed E-state index contributed by atoms with van der Waals surface area (Å²) in [5.74, 6) is 0.608. The van der Waals surface area contributed by atoms with E-state index in [1.165, 1.54) is 7.11 Å². The molecule has 1 amide bonds. The molecule has 0 aromatic rings. The Labute approximate surface area is 73.5 Å². The third-order valence-electron chi connectivity index (χ3n) is 2.39. The van der Waals surface area contributed by atoms with E-state index in [0.717, 1.165) is 6.42 Å². The molecule has 2 atom stereocenters. The maximum absolute atomic E-state index is 10.8. The van der Waals surface area contributed by atoms with Gasteiger partial charge in [0, 0.05) is 6.04 Å². The van der Waals surface area contributed by atoms with Crippen LogP contribution in [0.15, 0.2) is 0 Å². The van der Waals surface area contributed by atoms with Crippen molar-refractivity contribution >= 4 is 6.09 Å². The van der Waals surface area contributed by atoms with Gasteiger partial charge in [0.2, 0.25) is 0 Å². The first-order valence-corrected chi connectivity index (χ1v) is 4.29. The summed E-state index contributed by atoms with van der Waals surface area (Å²) in [6.07, 6.45) is 0.769. The normalized spacial score (nSPS) is 28.0. The van der Waals surface area contributed by atoms with Gasteiger partial charge in [0.1, 0.15) is 0 Å². The zero-order chi connectivity index (χ0) is 9.35. The van der Waals surface area contributed by atoms with Gasteiger partial charge in [0.15, 0.2) is 0 Å². The first-order chi connectivity index (χ1) is 5.45. The predicted molar refractivity (Wildman–Crippen MR) is 46.9 cm³/mol. The van der Waals surface area contributed by atoms with Gasteiger partial charge in [-0.3, -0.25) is 0 Å². The third-order valence-corrected chi connectivity index (χ3v) is 2.39. The van der Waals surface area contributed by atoms with Crippen LogP contribution in [0.1, 0.15) is 27.2 Å². The highest BCUT2D eigenvalue weighted by atomic mass is 16.5. The number of hydrogen-bond donors (Lipinski definition) is 1. The smallest absolute Gasteiger partial charge is 0.407 e. The molecular weight excluding hydrogens is 154 g/mol. The van der Waals surface area contributed by atoms with Gasteiger partial charge in [-0.2, -0.15) is 0 Å². The Bertz CT molecular complexity index is 183. The summed E-state index contributed by atoms with van der Waals surface area (Å²) in [7, 11) is 1.39. The van der Waals surface area contributed by atoms with Gasteiger partial charge < -0.3 is 10.1 Å². The highest BCUT2D eigenvalue weighted by Crippen LogP contribution is 2.44. The van der Waals surface area contributed by atoms with E-state index in [0.29, 0.717) is 17.4 Å². The monoisotopic (exact) mass is 171 g/mol. The van der Waals surface area contributed by atoms with Crippen LogP contribution in [0.4, 0.5) is 4.79 Å². The van der Waals surface area contributed by atoms with E-state index in [-0.39, 0.29) is 6.09 Å². The molecule has 70 valence electrons. The van der Waals surface area contributed by atoms with E-state index in [4.69, 9.17) is 0 Å². The zero-order valence-electron chi connectivity index (χ0n) is 8.18. The molecule has 1 aliphatic rings. The Balaban J connectivity index is 2.29. The lowest BCUT2D eigenvalue weighted by Crippen LogP contribution is -2.28. The molecule has 0 spiro atoms. The number of carbonyl (C=O) groups excluding carboxylic acids is 1. The molecular formula is C9H17NO2. The lowest BCUT2D eigenvalue weighted by Gasteiger charge is -2.17. The second kappa shape index (κ2) is 2.96. The van der Waals surface area contributed by atoms with E-state index in [2.05, 4.69) is 30.8 Å². The molecule has 12 heavy (non-hydrogen) atoms. The Morgan fingerprint density at radius 1 is 1.50 bits per heavy atom. The molecule has 0 aromatic heterocycles. The molecule has 0 aliphatic heterocycles. The van der Waals surface area contributed by atoms with Crippen LogP contribution in [0.5, 0.6) is 0 Å². The highest BCUT2D eigenvalue weighted by molar-refractivity contribution is 5.67. The van der Waals surface area contributed by atoms with Crippen molar-refractivity contribution in [2.24, 2.45) is 11.3 Å². The van der Waals surface area contributed by atoms with Crippen LogP contribution >= 0.6 is 0 Å². The van der Waals surface area contributed by atoms with Crippen LogP contribution in [0.2, 0.25) is 0 Å². The van der Waals surface area contributed by atoms with Crippen LogP contribution in [0.3, 0.4) is 0 Å². The summed E-state index contributed by atoms with van der Waals surface area (Å²) in [6.45, 7) is 6.57. The molecule has 3 heteroatoms. The quantitative estimate of drug-likeness (QED) is 0.653. The van der Waals surface area contributed by atoms with Gasteiger partial charge in [-0.05, 0) is 17.8 Å². The molecule has 1 aliphatic carbocycles. The summed E-state index contributed by atoms with van der Waals surface area (Å²) in [5, 5.41) is 2.80. The van der Waals surface area contributed by atoms with Crippen molar-refractivity contribution in [1.82, 2.24) is 5.32 Å². The first kappa shape index (κ1) is 9.36. The average Bonchev–Trinajstić information content (AvgIpc) is 2.66. The molecule has 1 N–H and O–H groups in total. The first-order valence-electron chi connectivity index (χ1n) is 4.29. The molecule has 0 aromatic carbocycles. The van der Waals surface area contributed by atoms with Crippen molar-refractivity contribution in [2.45, 2.75) is 33.2 Å². The maximum Gasteiger partial charge on any atom is 0.407 e. The van der Waals surface area contributed by atoms with E-state index in [9.17, 15) is 4.79 Å². The second-order valence-corrected chi connectivity index (χ2v) is 4.45. The zero-order valence-corrected chi connectivity index (χ0v) is 8.18. The predicted octanol–water partition coefficient (Wildman–Crippen LogP) is 1.78. The number of alkyl carbamates (subject to hydrolysis) is 1. The number of hydrogen-bond acceptors (Lipinski definition) is 2. The highest BCUT2D eigenvalue weighted by Gasteiger charge is 2.46. The molecule has 0 bridgehead atoms. The number of methoxy groups -OCH3 is 1. The summed E-state index contributed by atoms with van der Waals surface area (Å²) < 4.78 is 4.51. The van der Waals surface area contributed by atoms with E-state index >= 15 is 0 Å². The summed E-state index contributed by atoms with van der Waals surface area (Å²) in [6, 6.07) is 0.331. The fourth-order valence-electron chi connectivity index (χ4n) is 1.52. The number of carbonyl (C=O) groups is 1. The van der Waals surface area contributed by atoms with Crippen LogP contribution in [-0.4, -0.2) is 19.2 Å². The molecule has 0 saturated heterocycles. The fourth-order valence-corrected chi connectivity index (χ4v) is 1.52. The minimum atomic E-state index is -0.313. The lowest BCUT2D eigenvalue weighted by molar-refractivity contribution is 0.168. The SMILES string of the molecule is COC(=O)NC1CC1C(C)(C)C. The average molecular weight is 171 g/mol. The van der Waals surface area contributed by atoms with Crippen LogP contribution < -0.4 is 5.32 Å². The van der Waals surface area contributed by atoms with E-state index in [1.807, 2.05) is 0 Å². The molecule has 1 fully saturated rings. The van der Waals surface area contributed by atoms with Gasteiger partial charge in [0.05, 0.1) is 7.11 Å².